The second-order valence-corrected chi connectivity index (χ2v) is 5.50. The lowest BCUT2D eigenvalue weighted by molar-refractivity contribution is -0.148. The Hall–Kier alpha value is -1.34. The Morgan fingerprint density at radius 3 is 2.55 bits per heavy atom. The van der Waals surface area contributed by atoms with Crippen LogP contribution in [0.3, 0.4) is 0 Å². The zero-order valence-corrected chi connectivity index (χ0v) is 11.7. The summed E-state index contributed by atoms with van der Waals surface area (Å²) in [6.45, 7) is 3.27. The van der Waals surface area contributed by atoms with Crippen LogP contribution in [0.5, 0.6) is 0 Å². The molecule has 2 heterocycles. The van der Waals surface area contributed by atoms with Gasteiger partial charge in [-0.25, -0.2) is 9.59 Å². The van der Waals surface area contributed by atoms with Crippen molar-refractivity contribution in [2.75, 3.05) is 19.8 Å². The van der Waals surface area contributed by atoms with Crippen molar-refractivity contribution in [1.29, 1.82) is 0 Å². The largest absolute Gasteiger partial charge is 0.480 e. The second-order valence-electron chi connectivity index (χ2n) is 5.50. The van der Waals surface area contributed by atoms with Crippen molar-refractivity contribution in [1.82, 2.24) is 10.6 Å². The topological polar surface area (TPSA) is 96.9 Å². The van der Waals surface area contributed by atoms with Gasteiger partial charge in [-0.3, -0.25) is 0 Å². The molecule has 7 nitrogen and oxygen atoms in total. The van der Waals surface area contributed by atoms with Gasteiger partial charge in [0, 0.05) is 38.7 Å². The van der Waals surface area contributed by atoms with Gasteiger partial charge in [-0.15, -0.1) is 0 Å². The van der Waals surface area contributed by atoms with Gasteiger partial charge in [0.15, 0.2) is 0 Å². The Kier molecular flexibility index (Phi) is 4.82. The predicted octanol–water partition coefficient (Wildman–Crippen LogP) is 0.487. The summed E-state index contributed by atoms with van der Waals surface area (Å²) in [7, 11) is 0. The predicted molar refractivity (Wildman–Crippen MR) is 70.5 cm³/mol. The second kappa shape index (κ2) is 6.41. The molecule has 0 aromatic rings. The Labute approximate surface area is 118 Å². The molecule has 0 spiro atoms. The van der Waals surface area contributed by atoms with E-state index in [2.05, 4.69) is 10.6 Å². The van der Waals surface area contributed by atoms with Crippen molar-refractivity contribution in [2.24, 2.45) is 0 Å². The fourth-order valence-electron chi connectivity index (χ4n) is 2.68. The molecule has 0 saturated carbocycles. The highest BCUT2D eigenvalue weighted by Crippen LogP contribution is 2.21. The van der Waals surface area contributed by atoms with Crippen LogP contribution in [0.25, 0.3) is 0 Å². The number of ether oxygens (including phenoxy) is 2. The average molecular weight is 286 g/mol. The fourth-order valence-corrected chi connectivity index (χ4v) is 2.68. The van der Waals surface area contributed by atoms with E-state index >= 15 is 0 Å². The Morgan fingerprint density at radius 1 is 1.25 bits per heavy atom. The summed E-state index contributed by atoms with van der Waals surface area (Å²) in [6, 6.07) is -0.391. The van der Waals surface area contributed by atoms with Gasteiger partial charge >= 0.3 is 12.0 Å². The summed E-state index contributed by atoms with van der Waals surface area (Å²) in [6.07, 6.45) is 2.20. The molecule has 2 aliphatic heterocycles. The van der Waals surface area contributed by atoms with Crippen molar-refractivity contribution in [3.63, 3.8) is 0 Å². The normalized spacial score (nSPS) is 29.4. The van der Waals surface area contributed by atoms with E-state index in [1.807, 2.05) is 6.92 Å². The summed E-state index contributed by atoms with van der Waals surface area (Å²) in [5, 5.41) is 14.8. The van der Waals surface area contributed by atoms with Gasteiger partial charge < -0.3 is 25.2 Å². The van der Waals surface area contributed by atoms with E-state index in [1.54, 1.807) is 0 Å². The van der Waals surface area contributed by atoms with E-state index < -0.39 is 17.5 Å². The Morgan fingerprint density at radius 2 is 1.95 bits per heavy atom. The molecule has 114 valence electrons. The average Bonchev–Trinajstić information content (AvgIpc) is 2.39. The lowest BCUT2D eigenvalue weighted by Crippen LogP contribution is -2.61. The molecule has 2 rings (SSSR count). The number of rotatable bonds is 3. The zero-order valence-electron chi connectivity index (χ0n) is 11.7. The minimum Gasteiger partial charge on any atom is -0.480 e. The third kappa shape index (κ3) is 3.61. The van der Waals surface area contributed by atoms with E-state index in [4.69, 9.17) is 9.47 Å². The van der Waals surface area contributed by atoms with Crippen LogP contribution in [0.4, 0.5) is 4.79 Å². The maximum absolute atomic E-state index is 12.0. The number of carbonyl (C=O) groups is 2. The smallest absolute Gasteiger partial charge is 0.329 e. The van der Waals surface area contributed by atoms with Crippen LogP contribution >= 0.6 is 0 Å². The molecule has 2 unspecified atom stereocenters. The van der Waals surface area contributed by atoms with Crippen LogP contribution in [0.15, 0.2) is 0 Å². The van der Waals surface area contributed by atoms with Crippen molar-refractivity contribution in [2.45, 2.75) is 50.3 Å². The van der Waals surface area contributed by atoms with Gasteiger partial charge in [-0.05, 0) is 19.8 Å². The number of aliphatic carboxylic acids is 1. The van der Waals surface area contributed by atoms with Crippen LogP contribution in [0.1, 0.15) is 32.6 Å². The first-order chi connectivity index (χ1) is 9.52. The highest BCUT2D eigenvalue weighted by molar-refractivity contribution is 5.86. The van der Waals surface area contributed by atoms with Crippen LogP contribution in [-0.2, 0) is 14.3 Å². The molecule has 0 aromatic carbocycles. The first-order valence-corrected chi connectivity index (χ1v) is 7.03. The summed E-state index contributed by atoms with van der Waals surface area (Å²) >= 11 is 0. The van der Waals surface area contributed by atoms with Gasteiger partial charge in [-0.2, -0.15) is 0 Å². The summed E-state index contributed by atoms with van der Waals surface area (Å²) in [4.78, 5) is 23.5. The number of nitrogens with one attached hydrogen (secondary N) is 2. The van der Waals surface area contributed by atoms with Crippen molar-refractivity contribution in [3.8, 4) is 0 Å². The SMILES string of the molecule is CC1CC(NC(=O)NC2(C(=O)O)CCOCC2)CCO1. The first kappa shape index (κ1) is 15.1. The molecule has 7 heteroatoms. The molecular weight excluding hydrogens is 264 g/mol. The molecule has 2 fully saturated rings. The third-order valence-electron chi connectivity index (χ3n) is 3.93. The van der Waals surface area contributed by atoms with Crippen LogP contribution in [-0.4, -0.2) is 54.6 Å². The molecule has 2 saturated heterocycles. The molecule has 0 aliphatic carbocycles. The summed E-state index contributed by atoms with van der Waals surface area (Å²) in [5.74, 6) is -1.00. The molecular formula is C13H22N2O5. The van der Waals surface area contributed by atoms with Gasteiger partial charge in [0.2, 0.25) is 0 Å². The van der Waals surface area contributed by atoms with Gasteiger partial charge in [0.1, 0.15) is 5.54 Å². The minimum absolute atomic E-state index is 0.0319. The first-order valence-electron chi connectivity index (χ1n) is 7.03. The molecule has 3 N–H and O–H groups in total. The number of carboxylic acid groups (broad SMARTS) is 1. The molecule has 2 atom stereocenters. The number of hydrogen-bond acceptors (Lipinski definition) is 4. The number of carboxylic acids is 1. The number of hydrogen-bond donors (Lipinski definition) is 3. The fraction of sp³-hybridized carbons (Fsp3) is 0.846. The Bertz CT molecular complexity index is 368. The van der Waals surface area contributed by atoms with Crippen molar-refractivity contribution in [3.05, 3.63) is 0 Å². The highest BCUT2D eigenvalue weighted by atomic mass is 16.5. The van der Waals surface area contributed by atoms with Gasteiger partial charge in [-0.1, -0.05) is 0 Å². The van der Waals surface area contributed by atoms with E-state index in [9.17, 15) is 14.7 Å². The quantitative estimate of drug-likeness (QED) is 0.701. The van der Waals surface area contributed by atoms with Crippen molar-refractivity contribution < 1.29 is 24.2 Å². The van der Waals surface area contributed by atoms with Crippen LogP contribution in [0, 0.1) is 0 Å². The maximum Gasteiger partial charge on any atom is 0.329 e. The number of carbonyl (C=O) groups excluding carboxylic acids is 1. The van der Waals surface area contributed by atoms with Crippen LogP contribution in [0.2, 0.25) is 0 Å². The summed E-state index contributed by atoms with van der Waals surface area (Å²) < 4.78 is 10.6. The number of urea groups is 1. The molecule has 0 radical (unpaired) electrons. The zero-order chi connectivity index (χ0) is 14.6. The minimum atomic E-state index is -1.21. The number of amides is 2. The third-order valence-corrected chi connectivity index (χ3v) is 3.93. The molecule has 0 aromatic heterocycles. The van der Waals surface area contributed by atoms with Crippen molar-refractivity contribution >= 4 is 12.0 Å². The van der Waals surface area contributed by atoms with Gasteiger partial charge in [0.25, 0.3) is 0 Å². The van der Waals surface area contributed by atoms with E-state index in [0.717, 1.165) is 12.8 Å². The summed E-state index contributed by atoms with van der Waals surface area (Å²) in [5.41, 5.74) is -1.21. The lowest BCUT2D eigenvalue weighted by Gasteiger charge is -2.35. The van der Waals surface area contributed by atoms with Crippen LogP contribution < -0.4 is 10.6 Å². The molecule has 20 heavy (non-hydrogen) atoms. The van der Waals surface area contributed by atoms with E-state index in [-0.39, 0.29) is 12.1 Å². The Balaban J connectivity index is 1.90. The molecule has 2 aliphatic rings. The van der Waals surface area contributed by atoms with Gasteiger partial charge in [0.05, 0.1) is 6.10 Å². The lowest BCUT2D eigenvalue weighted by atomic mass is 9.90. The monoisotopic (exact) mass is 286 g/mol. The van der Waals surface area contributed by atoms with E-state index in [0.29, 0.717) is 32.7 Å². The highest BCUT2D eigenvalue weighted by Gasteiger charge is 2.42. The molecule has 2 amide bonds. The van der Waals surface area contributed by atoms with E-state index in [1.165, 1.54) is 0 Å². The maximum atomic E-state index is 12.0. The standard InChI is InChI=1S/C13H22N2O5/c1-9-8-10(2-5-20-9)14-12(18)15-13(11(16)17)3-6-19-7-4-13/h9-10H,2-8H2,1H3,(H,16,17)(H2,14,15,18). The molecule has 0 bridgehead atoms.